The van der Waals surface area contributed by atoms with Gasteiger partial charge in [-0.2, -0.15) is 13.2 Å². The number of alkyl halides is 3. The lowest BCUT2D eigenvalue weighted by molar-refractivity contribution is -0.138. The van der Waals surface area contributed by atoms with Crippen LogP contribution in [0.5, 0.6) is 0 Å². The van der Waals surface area contributed by atoms with Crippen molar-refractivity contribution in [2.45, 2.75) is 11.9 Å². The number of benzene rings is 1. The monoisotopic (exact) mass is 333 g/mol. The Labute approximate surface area is 126 Å². The third-order valence-corrected chi connectivity index (χ3v) is 4.15. The van der Waals surface area contributed by atoms with E-state index in [9.17, 15) is 18.0 Å². The smallest absolute Gasteiger partial charge is 0.300 e. The number of hydrogen-bond acceptors (Lipinski definition) is 5. The summed E-state index contributed by atoms with van der Waals surface area (Å²) in [5.74, 6) is 0.384. The second kappa shape index (κ2) is 6.90. The quantitative estimate of drug-likeness (QED) is 0.911. The molecule has 112 valence electrons. The SMILES string of the molecule is O=C(CSCc1ccccc1)Nc1nnc(C(F)(F)F)s1. The Balaban J connectivity index is 1.78. The van der Waals surface area contributed by atoms with Gasteiger partial charge in [-0.25, -0.2) is 0 Å². The zero-order chi connectivity index (χ0) is 15.3. The predicted octanol–water partition coefficient (Wildman–Crippen LogP) is 3.43. The van der Waals surface area contributed by atoms with Crippen LogP contribution in [0.1, 0.15) is 10.6 Å². The molecule has 1 heterocycles. The first kappa shape index (κ1) is 15.8. The van der Waals surface area contributed by atoms with E-state index in [1.165, 1.54) is 11.8 Å². The molecule has 0 aliphatic rings. The van der Waals surface area contributed by atoms with Crippen molar-refractivity contribution < 1.29 is 18.0 Å². The number of aromatic nitrogens is 2. The van der Waals surface area contributed by atoms with E-state index in [0.717, 1.165) is 5.56 Å². The summed E-state index contributed by atoms with van der Waals surface area (Å²) in [7, 11) is 0. The maximum Gasteiger partial charge on any atom is 0.445 e. The number of hydrogen-bond donors (Lipinski definition) is 1. The second-order valence-corrected chi connectivity index (χ2v) is 5.90. The summed E-state index contributed by atoms with van der Waals surface area (Å²) in [6, 6.07) is 9.57. The maximum absolute atomic E-state index is 12.3. The van der Waals surface area contributed by atoms with Gasteiger partial charge in [0.05, 0.1) is 5.75 Å². The van der Waals surface area contributed by atoms with Crippen molar-refractivity contribution >= 4 is 34.1 Å². The predicted molar refractivity (Wildman–Crippen MR) is 76.1 cm³/mol. The minimum atomic E-state index is -4.54. The zero-order valence-electron chi connectivity index (χ0n) is 10.6. The number of carbonyl (C=O) groups is 1. The number of nitrogens with zero attached hydrogens (tertiary/aromatic N) is 2. The first-order valence-corrected chi connectivity index (χ1v) is 7.74. The molecule has 0 spiro atoms. The fraction of sp³-hybridized carbons (Fsp3) is 0.250. The molecular weight excluding hydrogens is 323 g/mol. The standard InChI is InChI=1S/C12H10F3N3OS2/c13-12(14,15)10-17-18-11(21-10)16-9(19)7-20-6-8-4-2-1-3-5-8/h1-5H,6-7H2,(H,16,18,19). The number of thioether (sulfide) groups is 1. The van der Waals surface area contributed by atoms with Crippen LogP contribution in [0.15, 0.2) is 30.3 Å². The van der Waals surface area contributed by atoms with Crippen molar-refractivity contribution in [1.29, 1.82) is 0 Å². The molecule has 0 saturated carbocycles. The lowest BCUT2D eigenvalue weighted by atomic mass is 10.2. The Hall–Kier alpha value is -1.61. The largest absolute Gasteiger partial charge is 0.445 e. The fourth-order valence-corrected chi connectivity index (χ4v) is 2.79. The molecule has 9 heteroatoms. The highest BCUT2D eigenvalue weighted by Crippen LogP contribution is 2.32. The van der Waals surface area contributed by atoms with Crippen molar-refractivity contribution in [1.82, 2.24) is 10.2 Å². The average Bonchev–Trinajstić information content (AvgIpc) is 2.88. The first-order chi connectivity index (χ1) is 9.95. The Morgan fingerprint density at radius 1 is 1.24 bits per heavy atom. The van der Waals surface area contributed by atoms with E-state index in [0.29, 0.717) is 17.1 Å². The van der Waals surface area contributed by atoms with Crippen molar-refractivity contribution in [2.75, 3.05) is 11.1 Å². The average molecular weight is 333 g/mol. The lowest BCUT2D eigenvalue weighted by Gasteiger charge is -2.02. The molecule has 21 heavy (non-hydrogen) atoms. The van der Waals surface area contributed by atoms with Crippen LogP contribution in [0.4, 0.5) is 18.3 Å². The Bertz CT molecular complexity index is 601. The summed E-state index contributed by atoms with van der Waals surface area (Å²) in [6.45, 7) is 0. The molecule has 1 amide bonds. The van der Waals surface area contributed by atoms with E-state index in [1.807, 2.05) is 30.3 Å². The number of rotatable bonds is 5. The number of halogens is 3. The molecular formula is C12H10F3N3OS2. The highest BCUT2D eigenvalue weighted by Gasteiger charge is 2.35. The lowest BCUT2D eigenvalue weighted by Crippen LogP contribution is -2.13. The third-order valence-electron chi connectivity index (χ3n) is 2.26. The molecule has 0 unspecified atom stereocenters. The second-order valence-electron chi connectivity index (χ2n) is 3.94. The van der Waals surface area contributed by atoms with E-state index in [4.69, 9.17) is 0 Å². The molecule has 0 aliphatic carbocycles. The van der Waals surface area contributed by atoms with Crippen molar-refractivity contribution in [3.63, 3.8) is 0 Å². The number of carbonyl (C=O) groups excluding carboxylic acids is 1. The van der Waals surface area contributed by atoms with Crippen molar-refractivity contribution in [2.24, 2.45) is 0 Å². The van der Waals surface area contributed by atoms with Gasteiger partial charge in [0.15, 0.2) is 0 Å². The summed E-state index contributed by atoms with van der Waals surface area (Å²) < 4.78 is 37.0. The minimum Gasteiger partial charge on any atom is -0.300 e. The highest BCUT2D eigenvalue weighted by molar-refractivity contribution is 7.99. The molecule has 0 fully saturated rings. The van der Waals surface area contributed by atoms with Gasteiger partial charge >= 0.3 is 6.18 Å². The summed E-state index contributed by atoms with van der Waals surface area (Å²) in [6.07, 6.45) is -4.54. The van der Waals surface area contributed by atoms with Crippen LogP contribution < -0.4 is 5.32 Å². The van der Waals surface area contributed by atoms with Crippen LogP contribution >= 0.6 is 23.1 Å². The molecule has 0 saturated heterocycles. The van der Waals surface area contributed by atoms with E-state index in [-0.39, 0.29) is 10.9 Å². The van der Waals surface area contributed by atoms with E-state index >= 15 is 0 Å². The van der Waals surface area contributed by atoms with Crippen LogP contribution in [0.25, 0.3) is 0 Å². The molecule has 0 bridgehead atoms. The van der Waals surface area contributed by atoms with E-state index < -0.39 is 17.1 Å². The zero-order valence-corrected chi connectivity index (χ0v) is 12.2. The summed E-state index contributed by atoms with van der Waals surface area (Å²) >= 11 is 1.68. The van der Waals surface area contributed by atoms with Crippen LogP contribution in [0.3, 0.4) is 0 Å². The molecule has 1 aromatic carbocycles. The minimum absolute atomic E-state index is 0.135. The Morgan fingerprint density at radius 3 is 2.57 bits per heavy atom. The molecule has 0 radical (unpaired) electrons. The van der Waals surface area contributed by atoms with Gasteiger partial charge in [0, 0.05) is 5.75 Å². The van der Waals surface area contributed by atoms with Crippen LogP contribution in [-0.4, -0.2) is 21.9 Å². The Kier molecular flexibility index (Phi) is 5.18. The van der Waals surface area contributed by atoms with Crippen LogP contribution in [-0.2, 0) is 16.7 Å². The van der Waals surface area contributed by atoms with Crippen molar-refractivity contribution in [3.8, 4) is 0 Å². The van der Waals surface area contributed by atoms with Gasteiger partial charge in [-0.1, -0.05) is 41.7 Å². The molecule has 4 nitrogen and oxygen atoms in total. The van der Waals surface area contributed by atoms with Gasteiger partial charge in [0.1, 0.15) is 0 Å². The molecule has 0 aliphatic heterocycles. The van der Waals surface area contributed by atoms with Gasteiger partial charge in [-0.15, -0.1) is 22.0 Å². The van der Waals surface area contributed by atoms with Crippen molar-refractivity contribution in [3.05, 3.63) is 40.9 Å². The van der Waals surface area contributed by atoms with E-state index in [2.05, 4.69) is 15.5 Å². The summed E-state index contributed by atoms with van der Waals surface area (Å²) in [5.41, 5.74) is 1.07. The number of nitrogens with one attached hydrogen (secondary N) is 1. The van der Waals surface area contributed by atoms with Crippen LogP contribution in [0, 0.1) is 0 Å². The van der Waals surface area contributed by atoms with E-state index in [1.54, 1.807) is 0 Å². The van der Waals surface area contributed by atoms with Gasteiger partial charge in [0.2, 0.25) is 16.0 Å². The molecule has 1 N–H and O–H groups in total. The first-order valence-electron chi connectivity index (χ1n) is 5.77. The molecule has 0 atom stereocenters. The Morgan fingerprint density at radius 2 is 1.95 bits per heavy atom. The number of anilines is 1. The molecule has 1 aromatic heterocycles. The normalized spacial score (nSPS) is 11.4. The number of amides is 1. The molecule has 2 aromatic rings. The highest BCUT2D eigenvalue weighted by atomic mass is 32.2. The summed E-state index contributed by atoms with van der Waals surface area (Å²) in [4.78, 5) is 11.6. The van der Waals surface area contributed by atoms with Gasteiger partial charge < -0.3 is 0 Å². The topological polar surface area (TPSA) is 54.9 Å². The van der Waals surface area contributed by atoms with Crippen LogP contribution in [0.2, 0.25) is 0 Å². The fourth-order valence-electron chi connectivity index (χ4n) is 1.38. The molecule has 2 rings (SSSR count). The van der Waals surface area contributed by atoms with Gasteiger partial charge in [0.25, 0.3) is 0 Å². The van der Waals surface area contributed by atoms with Gasteiger partial charge in [-0.05, 0) is 5.56 Å². The third kappa shape index (κ3) is 5.01. The maximum atomic E-state index is 12.3. The summed E-state index contributed by atoms with van der Waals surface area (Å²) in [5, 5.41) is 7.37. The van der Waals surface area contributed by atoms with Gasteiger partial charge in [-0.3, -0.25) is 10.1 Å².